The third-order valence-electron chi connectivity index (χ3n) is 2.47. The van der Waals surface area contributed by atoms with Crippen molar-refractivity contribution in [2.24, 2.45) is 0 Å². The average Bonchev–Trinajstić information content (AvgIpc) is 2.97. The first-order valence-electron chi connectivity index (χ1n) is 4.88. The zero-order chi connectivity index (χ0) is 11.8. The lowest BCUT2D eigenvalue weighted by atomic mass is 10.1. The van der Waals surface area contributed by atoms with Crippen LogP contribution in [-0.4, -0.2) is 26.4 Å². The number of aromatic nitrogens is 3. The predicted octanol–water partition coefficient (Wildman–Crippen LogP) is 1.92. The Bertz CT molecular complexity index is 699. The van der Waals surface area contributed by atoms with Crippen molar-refractivity contribution in [2.75, 3.05) is 0 Å². The van der Waals surface area contributed by atoms with Crippen molar-refractivity contribution < 1.29 is 14.4 Å². The summed E-state index contributed by atoms with van der Waals surface area (Å²) in [6.07, 6.45) is 1.60. The highest BCUT2D eigenvalue weighted by Crippen LogP contribution is 2.27. The molecule has 0 radical (unpaired) electrons. The fourth-order valence-corrected chi connectivity index (χ4v) is 1.67. The highest BCUT2D eigenvalue weighted by atomic mass is 16.5. The zero-order valence-electron chi connectivity index (χ0n) is 8.54. The van der Waals surface area contributed by atoms with E-state index in [1.807, 2.05) is 12.1 Å². The van der Waals surface area contributed by atoms with E-state index < -0.39 is 5.97 Å². The predicted molar refractivity (Wildman–Crippen MR) is 58.6 cm³/mol. The van der Waals surface area contributed by atoms with Crippen LogP contribution in [0.3, 0.4) is 0 Å². The first-order valence-corrected chi connectivity index (χ1v) is 4.88. The Morgan fingerprint density at radius 1 is 1.41 bits per heavy atom. The van der Waals surface area contributed by atoms with Gasteiger partial charge in [0.25, 0.3) is 0 Å². The minimum Gasteiger partial charge on any atom is -0.477 e. The van der Waals surface area contributed by atoms with Gasteiger partial charge in [0.15, 0.2) is 5.58 Å². The molecule has 0 atom stereocenters. The van der Waals surface area contributed by atoms with Gasteiger partial charge in [0, 0.05) is 10.9 Å². The molecular formula is C11H7N3O3. The number of carbonyl (C=O) groups is 1. The smallest absolute Gasteiger partial charge is 0.353 e. The molecule has 0 aliphatic rings. The van der Waals surface area contributed by atoms with Crippen LogP contribution in [0.1, 0.15) is 10.5 Å². The minimum absolute atomic E-state index is 0.0384. The SMILES string of the molecule is O=C(O)c1cc(-c2cccc3cnoc23)n[nH]1. The second kappa shape index (κ2) is 3.44. The molecule has 6 nitrogen and oxygen atoms in total. The standard InChI is InChI=1S/C11H7N3O3/c15-11(16)9-4-8(13-14-9)7-3-1-2-6-5-12-17-10(6)7/h1-5H,(H,13,14)(H,15,16). The molecular weight excluding hydrogens is 222 g/mol. The Morgan fingerprint density at radius 3 is 3.06 bits per heavy atom. The molecule has 0 aliphatic carbocycles. The number of hydrogen-bond donors (Lipinski definition) is 2. The number of hydrogen-bond acceptors (Lipinski definition) is 4. The first kappa shape index (κ1) is 9.59. The number of benzene rings is 1. The summed E-state index contributed by atoms with van der Waals surface area (Å²) >= 11 is 0. The summed E-state index contributed by atoms with van der Waals surface area (Å²) in [4.78, 5) is 10.8. The molecule has 0 unspecified atom stereocenters. The van der Waals surface area contributed by atoms with Crippen LogP contribution in [0.5, 0.6) is 0 Å². The molecule has 0 amide bonds. The second-order valence-corrected chi connectivity index (χ2v) is 3.52. The largest absolute Gasteiger partial charge is 0.477 e. The Morgan fingerprint density at radius 2 is 2.29 bits per heavy atom. The summed E-state index contributed by atoms with van der Waals surface area (Å²) in [5, 5.41) is 19.8. The van der Waals surface area contributed by atoms with Crippen LogP contribution >= 0.6 is 0 Å². The van der Waals surface area contributed by atoms with Crippen LogP contribution in [0.4, 0.5) is 0 Å². The van der Waals surface area contributed by atoms with Crippen molar-refractivity contribution in [3.8, 4) is 11.3 Å². The topological polar surface area (TPSA) is 92.0 Å². The molecule has 2 N–H and O–H groups in total. The number of fused-ring (bicyclic) bond motifs is 1. The quantitative estimate of drug-likeness (QED) is 0.700. The monoisotopic (exact) mass is 229 g/mol. The maximum absolute atomic E-state index is 10.8. The van der Waals surface area contributed by atoms with E-state index >= 15 is 0 Å². The van der Waals surface area contributed by atoms with E-state index in [1.165, 1.54) is 6.07 Å². The Labute approximate surface area is 94.9 Å². The summed E-state index contributed by atoms with van der Waals surface area (Å²) in [6, 6.07) is 6.96. The number of aromatic carboxylic acids is 1. The van der Waals surface area contributed by atoms with E-state index in [-0.39, 0.29) is 5.69 Å². The molecule has 17 heavy (non-hydrogen) atoms. The van der Waals surface area contributed by atoms with Crippen molar-refractivity contribution in [1.29, 1.82) is 0 Å². The highest BCUT2D eigenvalue weighted by Gasteiger charge is 2.13. The summed E-state index contributed by atoms with van der Waals surface area (Å²) in [6.45, 7) is 0. The van der Waals surface area contributed by atoms with Gasteiger partial charge in [-0.3, -0.25) is 5.10 Å². The lowest BCUT2D eigenvalue weighted by molar-refractivity contribution is 0.0690. The van der Waals surface area contributed by atoms with Gasteiger partial charge in [0.1, 0.15) is 5.69 Å². The molecule has 2 aromatic heterocycles. The van der Waals surface area contributed by atoms with Gasteiger partial charge in [-0.25, -0.2) is 4.79 Å². The lowest BCUT2D eigenvalue weighted by Crippen LogP contribution is -1.95. The van der Waals surface area contributed by atoms with Gasteiger partial charge in [-0.1, -0.05) is 11.2 Å². The number of para-hydroxylation sites is 1. The van der Waals surface area contributed by atoms with E-state index in [0.29, 0.717) is 16.8 Å². The van der Waals surface area contributed by atoms with Gasteiger partial charge in [0.05, 0.1) is 11.9 Å². The molecule has 0 saturated heterocycles. The molecule has 0 spiro atoms. The van der Waals surface area contributed by atoms with Crippen molar-refractivity contribution in [3.05, 3.63) is 36.2 Å². The van der Waals surface area contributed by atoms with Crippen LogP contribution in [0, 0.1) is 0 Å². The van der Waals surface area contributed by atoms with E-state index in [2.05, 4.69) is 15.4 Å². The Hall–Kier alpha value is -2.63. The number of carboxylic acid groups (broad SMARTS) is 1. The molecule has 0 saturated carbocycles. The van der Waals surface area contributed by atoms with Crippen LogP contribution in [0.25, 0.3) is 22.2 Å². The number of aromatic amines is 1. The molecule has 0 aliphatic heterocycles. The van der Waals surface area contributed by atoms with Crippen molar-refractivity contribution >= 4 is 16.9 Å². The third kappa shape index (κ3) is 1.46. The van der Waals surface area contributed by atoms with Crippen LogP contribution in [0.2, 0.25) is 0 Å². The van der Waals surface area contributed by atoms with Crippen molar-refractivity contribution in [1.82, 2.24) is 15.4 Å². The highest BCUT2D eigenvalue weighted by molar-refractivity contribution is 5.93. The molecule has 6 heteroatoms. The molecule has 3 rings (SSSR count). The van der Waals surface area contributed by atoms with Crippen molar-refractivity contribution in [3.63, 3.8) is 0 Å². The van der Waals surface area contributed by atoms with Crippen LogP contribution < -0.4 is 0 Å². The van der Waals surface area contributed by atoms with Crippen LogP contribution in [0.15, 0.2) is 35.0 Å². The number of carboxylic acids is 1. The van der Waals surface area contributed by atoms with Crippen LogP contribution in [-0.2, 0) is 0 Å². The third-order valence-corrected chi connectivity index (χ3v) is 2.47. The number of nitrogens with zero attached hydrogens (tertiary/aromatic N) is 2. The maximum atomic E-state index is 10.8. The van der Waals surface area contributed by atoms with Gasteiger partial charge >= 0.3 is 5.97 Å². The molecule has 0 bridgehead atoms. The van der Waals surface area contributed by atoms with E-state index in [4.69, 9.17) is 9.63 Å². The fourth-order valence-electron chi connectivity index (χ4n) is 1.67. The summed E-state index contributed by atoms with van der Waals surface area (Å²) in [7, 11) is 0. The van der Waals surface area contributed by atoms with Gasteiger partial charge in [-0.05, 0) is 18.2 Å². The van der Waals surface area contributed by atoms with E-state index in [1.54, 1.807) is 12.3 Å². The fraction of sp³-hybridized carbons (Fsp3) is 0. The van der Waals surface area contributed by atoms with E-state index in [0.717, 1.165) is 5.39 Å². The van der Waals surface area contributed by atoms with Crippen molar-refractivity contribution in [2.45, 2.75) is 0 Å². The Kier molecular flexibility index (Phi) is 1.94. The zero-order valence-corrected chi connectivity index (χ0v) is 8.54. The number of nitrogens with one attached hydrogen (secondary N) is 1. The number of rotatable bonds is 2. The normalized spacial score (nSPS) is 10.8. The van der Waals surface area contributed by atoms with Gasteiger partial charge in [-0.2, -0.15) is 5.10 Å². The summed E-state index contributed by atoms with van der Waals surface area (Å²) < 4.78 is 5.12. The summed E-state index contributed by atoms with van der Waals surface area (Å²) in [5.41, 5.74) is 1.86. The average molecular weight is 229 g/mol. The molecule has 1 aromatic carbocycles. The number of H-pyrrole nitrogens is 1. The second-order valence-electron chi connectivity index (χ2n) is 3.52. The van der Waals surface area contributed by atoms with E-state index in [9.17, 15) is 4.79 Å². The van der Waals surface area contributed by atoms with Gasteiger partial charge < -0.3 is 9.63 Å². The van der Waals surface area contributed by atoms with Gasteiger partial charge in [0.2, 0.25) is 0 Å². The molecule has 2 heterocycles. The molecule has 3 aromatic rings. The molecule has 84 valence electrons. The first-order chi connectivity index (χ1) is 8.25. The maximum Gasteiger partial charge on any atom is 0.353 e. The summed E-state index contributed by atoms with van der Waals surface area (Å²) in [5.74, 6) is -1.05. The Balaban J connectivity index is 2.19. The molecule has 0 fully saturated rings. The van der Waals surface area contributed by atoms with Gasteiger partial charge in [-0.15, -0.1) is 0 Å². The lowest BCUT2D eigenvalue weighted by Gasteiger charge is -1.95. The minimum atomic E-state index is -1.05.